The number of ether oxygens (including phenoxy) is 1. The predicted octanol–water partition coefficient (Wildman–Crippen LogP) is 3.27. The first-order valence-corrected chi connectivity index (χ1v) is 10.6. The summed E-state index contributed by atoms with van der Waals surface area (Å²) in [5, 5.41) is 5.52. The van der Waals surface area contributed by atoms with Gasteiger partial charge in [-0.25, -0.2) is 0 Å². The lowest BCUT2D eigenvalue weighted by atomic mass is 10.1. The summed E-state index contributed by atoms with van der Waals surface area (Å²) in [6, 6.07) is 9.19. The molecule has 6 nitrogen and oxygen atoms in total. The quantitative estimate of drug-likeness (QED) is 0.696. The van der Waals surface area contributed by atoms with Crippen LogP contribution in [0.4, 0.5) is 0 Å². The molecule has 4 rings (SSSR count). The van der Waals surface area contributed by atoms with Crippen LogP contribution < -0.4 is 10.7 Å². The molecule has 29 heavy (non-hydrogen) atoms. The van der Waals surface area contributed by atoms with Crippen molar-refractivity contribution in [1.82, 2.24) is 10.2 Å². The third-order valence-electron chi connectivity index (χ3n) is 5.21. The molecule has 1 unspecified atom stereocenters. The van der Waals surface area contributed by atoms with Crippen LogP contribution in [-0.2, 0) is 4.74 Å². The molecule has 3 heterocycles. The topological polar surface area (TPSA) is 71.8 Å². The number of rotatable bonds is 5. The number of hydrogen-bond acceptors (Lipinski definition) is 6. The van der Waals surface area contributed by atoms with E-state index in [0.717, 1.165) is 24.2 Å². The highest BCUT2D eigenvalue weighted by atomic mass is 32.1. The second-order valence-corrected chi connectivity index (χ2v) is 8.30. The highest BCUT2D eigenvalue weighted by Gasteiger charge is 2.24. The first-order valence-electron chi connectivity index (χ1n) is 9.71. The molecular formula is C22H24N2O4S. The van der Waals surface area contributed by atoms with E-state index in [4.69, 9.17) is 9.15 Å². The van der Waals surface area contributed by atoms with Gasteiger partial charge >= 0.3 is 0 Å². The highest BCUT2D eigenvalue weighted by molar-refractivity contribution is 7.10. The molecule has 0 radical (unpaired) electrons. The van der Waals surface area contributed by atoms with Crippen LogP contribution in [0.5, 0.6) is 0 Å². The molecule has 7 heteroatoms. The van der Waals surface area contributed by atoms with Crippen LogP contribution in [0.3, 0.4) is 0 Å². The van der Waals surface area contributed by atoms with Gasteiger partial charge in [0.25, 0.3) is 5.91 Å². The van der Waals surface area contributed by atoms with Crippen LogP contribution in [0.1, 0.15) is 32.6 Å². The van der Waals surface area contributed by atoms with Crippen LogP contribution in [0.2, 0.25) is 0 Å². The Morgan fingerprint density at radius 3 is 2.76 bits per heavy atom. The van der Waals surface area contributed by atoms with Crippen molar-refractivity contribution in [1.29, 1.82) is 0 Å². The molecule has 1 aromatic carbocycles. The third kappa shape index (κ3) is 4.27. The smallest absolute Gasteiger partial charge is 0.287 e. The van der Waals surface area contributed by atoms with Crippen molar-refractivity contribution in [3.63, 3.8) is 0 Å². The van der Waals surface area contributed by atoms with Crippen molar-refractivity contribution in [2.24, 2.45) is 0 Å². The zero-order chi connectivity index (χ0) is 20.4. The first-order chi connectivity index (χ1) is 14.0. The maximum absolute atomic E-state index is 12.8. The Morgan fingerprint density at radius 1 is 1.24 bits per heavy atom. The summed E-state index contributed by atoms with van der Waals surface area (Å²) < 4.78 is 11.3. The molecule has 1 aliphatic heterocycles. The van der Waals surface area contributed by atoms with Gasteiger partial charge in [0.15, 0.2) is 11.2 Å². The van der Waals surface area contributed by atoms with Gasteiger partial charge in [0.2, 0.25) is 0 Å². The van der Waals surface area contributed by atoms with Gasteiger partial charge < -0.3 is 14.5 Å². The molecule has 1 aliphatic rings. The maximum Gasteiger partial charge on any atom is 0.287 e. The number of fused-ring (bicyclic) bond motifs is 1. The SMILES string of the molecule is Cc1cc(C)c2c(=O)cc(C(=O)NCC(c3cccs3)N3CCOCC3)oc2c1. The Bertz CT molecular complexity index is 1070. The molecule has 1 atom stereocenters. The fraction of sp³-hybridized carbons (Fsp3) is 0.364. The standard InChI is InChI=1S/C22H24N2O4S/c1-14-10-15(2)21-17(25)12-19(28-18(21)11-14)22(26)23-13-16(20-4-3-9-29-20)24-5-7-27-8-6-24/h3-4,9-12,16H,5-8,13H2,1-2H3,(H,23,26). The van der Waals surface area contributed by atoms with E-state index in [2.05, 4.69) is 16.3 Å². The van der Waals surface area contributed by atoms with Gasteiger partial charge in [0, 0.05) is 30.6 Å². The molecule has 0 aliphatic carbocycles. The Hall–Kier alpha value is -2.48. The fourth-order valence-corrected chi connectivity index (χ4v) is 4.69. The average Bonchev–Trinajstić information content (AvgIpc) is 3.22. The summed E-state index contributed by atoms with van der Waals surface area (Å²) in [5.41, 5.74) is 2.09. The zero-order valence-electron chi connectivity index (χ0n) is 16.6. The minimum atomic E-state index is -0.377. The Balaban J connectivity index is 1.56. The van der Waals surface area contributed by atoms with Gasteiger partial charge in [-0.1, -0.05) is 12.1 Å². The van der Waals surface area contributed by atoms with Gasteiger partial charge in [-0.3, -0.25) is 14.5 Å². The van der Waals surface area contributed by atoms with Crippen molar-refractivity contribution in [2.75, 3.05) is 32.8 Å². The van der Waals surface area contributed by atoms with Crippen LogP contribution in [-0.4, -0.2) is 43.7 Å². The Labute approximate surface area is 173 Å². The van der Waals surface area contributed by atoms with Crippen molar-refractivity contribution < 1.29 is 13.9 Å². The van der Waals surface area contributed by atoms with Crippen molar-refractivity contribution >= 4 is 28.2 Å². The van der Waals surface area contributed by atoms with Crippen molar-refractivity contribution in [2.45, 2.75) is 19.9 Å². The lowest BCUT2D eigenvalue weighted by Gasteiger charge is -2.34. The lowest BCUT2D eigenvalue weighted by Crippen LogP contribution is -2.43. The van der Waals surface area contributed by atoms with Crippen molar-refractivity contribution in [3.8, 4) is 0 Å². The van der Waals surface area contributed by atoms with Crippen LogP contribution in [0.15, 0.2) is 44.9 Å². The first kappa shape index (κ1) is 19.8. The summed E-state index contributed by atoms with van der Waals surface area (Å²) >= 11 is 1.67. The maximum atomic E-state index is 12.8. The van der Waals surface area contributed by atoms with E-state index in [9.17, 15) is 9.59 Å². The number of carbonyl (C=O) groups is 1. The van der Waals surface area contributed by atoms with Gasteiger partial charge in [-0.2, -0.15) is 0 Å². The van der Waals surface area contributed by atoms with Gasteiger partial charge in [0.1, 0.15) is 5.58 Å². The van der Waals surface area contributed by atoms with Gasteiger partial charge in [-0.15, -0.1) is 11.3 Å². The summed E-state index contributed by atoms with van der Waals surface area (Å²) in [5.74, 6) is -0.336. The van der Waals surface area contributed by atoms with E-state index in [0.29, 0.717) is 30.7 Å². The summed E-state index contributed by atoms with van der Waals surface area (Å²) in [6.07, 6.45) is 0. The van der Waals surface area contributed by atoms with Gasteiger partial charge in [-0.05, 0) is 42.5 Å². The number of amides is 1. The molecule has 3 aromatic rings. The molecular weight excluding hydrogens is 388 g/mol. The number of nitrogens with one attached hydrogen (secondary N) is 1. The predicted molar refractivity (Wildman–Crippen MR) is 114 cm³/mol. The largest absolute Gasteiger partial charge is 0.451 e. The number of carbonyl (C=O) groups excluding carboxylic acids is 1. The van der Waals surface area contributed by atoms with Crippen molar-refractivity contribution in [3.05, 3.63) is 67.7 Å². The second kappa shape index (κ2) is 8.49. The number of nitrogens with zero attached hydrogens (tertiary/aromatic N) is 1. The summed E-state index contributed by atoms with van der Waals surface area (Å²) in [7, 11) is 0. The second-order valence-electron chi connectivity index (χ2n) is 7.32. The van der Waals surface area contributed by atoms with E-state index in [1.165, 1.54) is 10.9 Å². The lowest BCUT2D eigenvalue weighted by molar-refractivity contribution is 0.0168. The monoisotopic (exact) mass is 412 g/mol. The van der Waals surface area contributed by atoms with E-state index >= 15 is 0 Å². The molecule has 0 bridgehead atoms. The number of hydrogen-bond donors (Lipinski definition) is 1. The van der Waals surface area contributed by atoms with Crippen LogP contribution in [0.25, 0.3) is 11.0 Å². The average molecular weight is 413 g/mol. The van der Waals surface area contributed by atoms with E-state index < -0.39 is 0 Å². The molecule has 1 N–H and O–H groups in total. The molecule has 1 saturated heterocycles. The number of benzene rings is 1. The Morgan fingerprint density at radius 2 is 2.03 bits per heavy atom. The number of thiophene rings is 1. The normalized spacial score (nSPS) is 16.1. The molecule has 0 spiro atoms. The van der Waals surface area contributed by atoms with E-state index in [1.54, 1.807) is 17.4 Å². The number of aryl methyl sites for hydroxylation is 2. The van der Waals surface area contributed by atoms with Crippen LogP contribution >= 0.6 is 11.3 Å². The summed E-state index contributed by atoms with van der Waals surface area (Å²) in [6.45, 7) is 7.27. The molecule has 2 aromatic heterocycles. The highest BCUT2D eigenvalue weighted by Crippen LogP contribution is 2.25. The zero-order valence-corrected chi connectivity index (χ0v) is 17.4. The molecule has 152 valence electrons. The Kier molecular flexibility index (Phi) is 5.80. The molecule has 1 amide bonds. The summed E-state index contributed by atoms with van der Waals surface area (Å²) in [4.78, 5) is 28.8. The minimum Gasteiger partial charge on any atom is -0.451 e. The third-order valence-corrected chi connectivity index (χ3v) is 6.18. The number of morpholine rings is 1. The minimum absolute atomic E-state index is 0.0411. The molecule has 1 fully saturated rings. The van der Waals surface area contributed by atoms with Crippen LogP contribution in [0, 0.1) is 13.8 Å². The van der Waals surface area contributed by atoms with E-state index in [-0.39, 0.29) is 23.1 Å². The van der Waals surface area contributed by atoms with Gasteiger partial charge in [0.05, 0.1) is 24.6 Å². The fourth-order valence-electron chi connectivity index (χ4n) is 3.83. The molecule has 0 saturated carbocycles. The van der Waals surface area contributed by atoms with E-state index in [1.807, 2.05) is 31.4 Å².